The summed E-state index contributed by atoms with van der Waals surface area (Å²) in [5.41, 5.74) is 6.25. The van der Waals surface area contributed by atoms with E-state index in [0.717, 1.165) is 5.56 Å². The Bertz CT molecular complexity index is 729. The van der Waals surface area contributed by atoms with Gasteiger partial charge in [0, 0.05) is 12.0 Å². The summed E-state index contributed by atoms with van der Waals surface area (Å²) in [4.78, 5) is 35.2. The third kappa shape index (κ3) is 4.95. The van der Waals surface area contributed by atoms with Crippen molar-refractivity contribution >= 4 is 17.8 Å². The summed E-state index contributed by atoms with van der Waals surface area (Å²) in [6, 6.07) is 15.6. The molecule has 2 amide bonds. The Labute approximate surface area is 139 Å². The number of hydrogen-bond acceptors (Lipinski definition) is 4. The molecule has 0 spiro atoms. The van der Waals surface area contributed by atoms with Crippen molar-refractivity contribution in [1.82, 2.24) is 10.9 Å². The van der Waals surface area contributed by atoms with Gasteiger partial charge in [-0.2, -0.15) is 0 Å². The molecule has 2 aromatic rings. The number of rotatable bonds is 5. The van der Waals surface area contributed by atoms with Crippen LogP contribution in [0.3, 0.4) is 0 Å². The number of esters is 1. The zero-order valence-corrected chi connectivity index (χ0v) is 13.2. The molecule has 6 heteroatoms. The van der Waals surface area contributed by atoms with E-state index < -0.39 is 11.9 Å². The second kappa shape index (κ2) is 8.47. The van der Waals surface area contributed by atoms with Gasteiger partial charge in [-0.15, -0.1) is 0 Å². The fraction of sp³-hybridized carbons (Fsp3) is 0.167. The Hall–Kier alpha value is -3.15. The van der Waals surface area contributed by atoms with Gasteiger partial charge in [-0.25, -0.2) is 4.79 Å². The van der Waals surface area contributed by atoms with E-state index in [1.54, 1.807) is 12.1 Å². The molecule has 0 unspecified atom stereocenters. The van der Waals surface area contributed by atoms with E-state index >= 15 is 0 Å². The summed E-state index contributed by atoms with van der Waals surface area (Å²) in [6.45, 7) is 0. The topological polar surface area (TPSA) is 84.5 Å². The highest BCUT2D eigenvalue weighted by Crippen LogP contribution is 2.06. The summed E-state index contributed by atoms with van der Waals surface area (Å²) < 4.78 is 4.60. The molecular weight excluding hydrogens is 308 g/mol. The molecule has 0 atom stereocenters. The minimum atomic E-state index is -0.531. The highest BCUT2D eigenvalue weighted by atomic mass is 16.5. The van der Waals surface area contributed by atoms with Gasteiger partial charge in [-0.05, 0) is 30.2 Å². The largest absolute Gasteiger partial charge is 0.465 e. The van der Waals surface area contributed by atoms with Crippen LogP contribution in [-0.2, 0) is 16.0 Å². The lowest BCUT2D eigenvalue weighted by atomic mass is 10.1. The van der Waals surface area contributed by atoms with E-state index in [4.69, 9.17) is 0 Å². The number of carbonyl (C=O) groups excluding carboxylic acids is 3. The molecule has 2 N–H and O–H groups in total. The number of ether oxygens (including phenoxy) is 1. The minimum Gasteiger partial charge on any atom is -0.465 e. The first kappa shape index (κ1) is 17.2. The number of aryl methyl sites for hydroxylation is 1. The van der Waals surface area contributed by atoms with E-state index in [1.807, 2.05) is 30.3 Å². The van der Waals surface area contributed by atoms with Gasteiger partial charge < -0.3 is 4.74 Å². The molecule has 0 saturated carbocycles. The minimum absolute atomic E-state index is 0.251. The lowest BCUT2D eigenvalue weighted by Crippen LogP contribution is -2.41. The molecule has 124 valence electrons. The Morgan fingerprint density at radius 3 is 2.33 bits per heavy atom. The van der Waals surface area contributed by atoms with Crippen LogP contribution in [0.2, 0.25) is 0 Å². The van der Waals surface area contributed by atoms with E-state index in [1.165, 1.54) is 19.2 Å². The van der Waals surface area contributed by atoms with Crippen LogP contribution in [0.4, 0.5) is 0 Å². The highest BCUT2D eigenvalue weighted by Gasteiger charge is 2.11. The molecule has 0 aliphatic heterocycles. The molecule has 24 heavy (non-hydrogen) atoms. The molecule has 0 heterocycles. The van der Waals surface area contributed by atoms with Gasteiger partial charge in [0.05, 0.1) is 12.7 Å². The molecule has 2 rings (SSSR count). The first-order chi connectivity index (χ1) is 11.6. The monoisotopic (exact) mass is 326 g/mol. The van der Waals surface area contributed by atoms with Crippen LogP contribution in [0.1, 0.15) is 32.7 Å². The fourth-order valence-corrected chi connectivity index (χ4v) is 2.07. The zero-order chi connectivity index (χ0) is 17.4. The predicted molar refractivity (Wildman–Crippen MR) is 88.2 cm³/mol. The summed E-state index contributed by atoms with van der Waals surface area (Å²) in [5, 5.41) is 0. The molecular formula is C18H18N2O4. The fourth-order valence-electron chi connectivity index (χ4n) is 2.07. The van der Waals surface area contributed by atoms with Crippen LogP contribution < -0.4 is 10.9 Å². The second-order valence-electron chi connectivity index (χ2n) is 5.06. The first-order valence-electron chi connectivity index (χ1n) is 7.41. The smallest absolute Gasteiger partial charge is 0.337 e. The molecule has 0 aromatic heterocycles. The van der Waals surface area contributed by atoms with E-state index in [2.05, 4.69) is 15.6 Å². The number of methoxy groups -OCH3 is 1. The summed E-state index contributed by atoms with van der Waals surface area (Å²) in [5.74, 6) is -1.33. The maximum atomic E-state index is 12.0. The van der Waals surface area contributed by atoms with Crippen LogP contribution in [0.25, 0.3) is 0 Å². The molecule has 0 fully saturated rings. The third-order valence-electron chi connectivity index (χ3n) is 3.34. The third-order valence-corrected chi connectivity index (χ3v) is 3.34. The van der Waals surface area contributed by atoms with Crippen molar-refractivity contribution in [2.24, 2.45) is 0 Å². The van der Waals surface area contributed by atoms with E-state index in [0.29, 0.717) is 6.42 Å². The Morgan fingerprint density at radius 1 is 0.917 bits per heavy atom. The Morgan fingerprint density at radius 2 is 1.62 bits per heavy atom. The average molecular weight is 326 g/mol. The van der Waals surface area contributed by atoms with Crippen molar-refractivity contribution in [2.45, 2.75) is 12.8 Å². The SMILES string of the molecule is COC(=O)c1cccc(C(=O)NNC(=O)CCc2ccccc2)c1. The maximum absolute atomic E-state index is 12.0. The van der Waals surface area contributed by atoms with Crippen molar-refractivity contribution in [3.8, 4) is 0 Å². The van der Waals surface area contributed by atoms with Gasteiger partial charge in [0.15, 0.2) is 0 Å². The van der Waals surface area contributed by atoms with Crippen LogP contribution >= 0.6 is 0 Å². The van der Waals surface area contributed by atoms with Crippen molar-refractivity contribution in [1.29, 1.82) is 0 Å². The number of amides is 2. The van der Waals surface area contributed by atoms with Crippen molar-refractivity contribution in [3.05, 3.63) is 71.3 Å². The van der Waals surface area contributed by atoms with Gasteiger partial charge in [-0.3, -0.25) is 20.4 Å². The molecule has 0 bridgehead atoms. The van der Waals surface area contributed by atoms with Crippen molar-refractivity contribution in [2.75, 3.05) is 7.11 Å². The normalized spacial score (nSPS) is 9.88. The molecule has 0 aliphatic carbocycles. The lowest BCUT2D eigenvalue weighted by molar-refractivity contribution is -0.121. The standard InChI is InChI=1S/C18H18N2O4/c1-24-18(23)15-9-5-8-14(12-15)17(22)20-19-16(21)11-10-13-6-3-2-4-7-13/h2-9,12H,10-11H2,1H3,(H,19,21)(H,20,22). The number of hydrazine groups is 1. The molecule has 2 aromatic carbocycles. The number of carbonyl (C=O) groups is 3. The lowest BCUT2D eigenvalue weighted by Gasteiger charge is -2.08. The van der Waals surface area contributed by atoms with Crippen molar-refractivity contribution < 1.29 is 19.1 Å². The van der Waals surface area contributed by atoms with Crippen molar-refractivity contribution in [3.63, 3.8) is 0 Å². The summed E-state index contributed by atoms with van der Waals surface area (Å²) in [6.07, 6.45) is 0.840. The molecule has 6 nitrogen and oxygen atoms in total. The van der Waals surface area contributed by atoms with E-state index in [9.17, 15) is 14.4 Å². The Balaban J connectivity index is 1.84. The van der Waals surface area contributed by atoms with Gasteiger partial charge in [0.25, 0.3) is 5.91 Å². The van der Waals surface area contributed by atoms with E-state index in [-0.39, 0.29) is 23.5 Å². The van der Waals surface area contributed by atoms with Crippen LogP contribution in [0, 0.1) is 0 Å². The van der Waals surface area contributed by atoms with Gasteiger partial charge >= 0.3 is 5.97 Å². The van der Waals surface area contributed by atoms with Crippen LogP contribution in [-0.4, -0.2) is 24.9 Å². The maximum Gasteiger partial charge on any atom is 0.337 e. The molecule has 0 aliphatic rings. The number of nitrogens with one attached hydrogen (secondary N) is 2. The first-order valence-corrected chi connectivity index (χ1v) is 7.41. The quantitative estimate of drug-likeness (QED) is 0.649. The number of benzene rings is 2. The highest BCUT2D eigenvalue weighted by molar-refractivity contribution is 5.98. The molecule has 0 saturated heterocycles. The molecule has 0 radical (unpaired) electrons. The Kier molecular flexibility index (Phi) is 6.08. The van der Waals surface area contributed by atoms with Crippen LogP contribution in [0.15, 0.2) is 54.6 Å². The predicted octanol–water partition coefficient (Wildman–Crippen LogP) is 1.87. The summed E-state index contributed by atoms with van der Waals surface area (Å²) >= 11 is 0. The van der Waals surface area contributed by atoms with Gasteiger partial charge in [0.1, 0.15) is 0 Å². The second-order valence-corrected chi connectivity index (χ2v) is 5.06. The van der Waals surface area contributed by atoms with Crippen LogP contribution in [0.5, 0.6) is 0 Å². The average Bonchev–Trinajstić information content (AvgIpc) is 2.64. The number of hydrogen-bond donors (Lipinski definition) is 2. The summed E-state index contributed by atoms with van der Waals surface area (Å²) in [7, 11) is 1.27. The zero-order valence-electron chi connectivity index (χ0n) is 13.2. The van der Waals surface area contributed by atoms with Gasteiger partial charge in [0.2, 0.25) is 5.91 Å². The van der Waals surface area contributed by atoms with Gasteiger partial charge in [-0.1, -0.05) is 36.4 Å².